The van der Waals surface area contributed by atoms with E-state index >= 15 is 0 Å². The summed E-state index contributed by atoms with van der Waals surface area (Å²) in [5.74, 6) is -0.145. The molecule has 0 unspecified atom stereocenters. The Labute approximate surface area is 154 Å². The second kappa shape index (κ2) is 8.59. The number of amides is 1. The number of nitrogens with zero attached hydrogens (tertiary/aromatic N) is 2. The minimum absolute atomic E-state index is 0.145. The van der Waals surface area contributed by atoms with Gasteiger partial charge in [-0.2, -0.15) is 0 Å². The second-order valence-corrected chi connectivity index (χ2v) is 6.30. The van der Waals surface area contributed by atoms with E-state index in [2.05, 4.69) is 47.2 Å². The van der Waals surface area contributed by atoms with Crippen molar-refractivity contribution in [2.75, 3.05) is 13.1 Å². The number of rotatable bonds is 7. The minimum Gasteiger partial charge on any atom is -0.347 e. The predicted molar refractivity (Wildman–Crippen MR) is 106 cm³/mol. The normalized spacial score (nSPS) is 11.0. The molecule has 0 saturated heterocycles. The molecule has 26 heavy (non-hydrogen) atoms. The second-order valence-electron chi connectivity index (χ2n) is 6.30. The number of para-hydroxylation sites is 1. The summed E-state index contributed by atoms with van der Waals surface area (Å²) in [6, 6.07) is 19.8. The Hall–Kier alpha value is -2.72. The highest BCUT2D eigenvalue weighted by Gasteiger charge is 2.10. The van der Waals surface area contributed by atoms with Crippen molar-refractivity contribution in [3.63, 3.8) is 0 Å². The smallest absolute Gasteiger partial charge is 0.270 e. The van der Waals surface area contributed by atoms with Crippen LogP contribution in [0.3, 0.4) is 0 Å². The zero-order valence-corrected chi connectivity index (χ0v) is 15.4. The number of hydrogen-bond donors (Lipinski definition) is 1. The first-order valence-electron chi connectivity index (χ1n) is 9.14. The van der Waals surface area contributed by atoms with E-state index < -0.39 is 0 Å². The van der Waals surface area contributed by atoms with Gasteiger partial charge in [0.25, 0.3) is 5.91 Å². The third-order valence-corrected chi connectivity index (χ3v) is 4.68. The number of carbonyl (C=O) groups is 1. The fourth-order valence-electron chi connectivity index (χ4n) is 3.03. The largest absolute Gasteiger partial charge is 0.347 e. The summed E-state index contributed by atoms with van der Waals surface area (Å²) in [6.45, 7) is 7.76. The van der Waals surface area contributed by atoms with Crippen LogP contribution in [0.2, 0.25) is 0 Å². The molecule has 0 fully saturated rings. The monoisotopic (exact) mass is 347 g/mol. The first-order chi connectivity index (χ1) is 12.7. The van der Waals surface area contributed by atoms with E-state index in [4.69, 9.17) is 0 Å². The third-order valence-electron chi connectivity index (χ3n) is 4.68. The Bertz CT molecular complexity index is 887. The van der Waals surface area contributed by atoms with Gasteiger partial charge in [0, 0.05) is 18.5 Å². The summed E-state index contributed by atoms with van der Waals surface area (Å²) in [7, 11) is 0. The highest BCUT2D eigenvalue weighted by atomic mass is 16.1. The van der Waals surface area contributed by atoms with Crippen LogP contribution in [-0.4, -0.2) is 28.9 Å². The lowest BCUT2D eigenvalue weighted by Crippen LogP contribution is -2.26. The number of carbonyl (C=O) groups excluding carboxylic acids is 1. The van der Waals surface area contributed by atoms with Crippen LogP contribution in [0.1, 0.15) is 35.5 Å². The maximum absolute atomic E-state index is 12.5. The van der Waals surface area contributed by atoms with Crippen LogP contribution in [0.5, 0.6) is 0 Å². The minimum atomic E-state index is -0.145. The molecule has 1 amide bonds. The molecule has 1 heterocycles. The number of hydrogen-bond acceptors (Lipinski definition) is 3. The summed E-state index contributed by atoms with van der Waals surface area (Å²) in [5, 5.41) is 4.05. The maximum atomic E-state index is 12.5. The zero-order valence-electron chi connectivity index (χ0n) is 15.4. The molecule has 0 bridgehead atoms. The molecule has 134 valence electrons. The lowest BCUT2D eigenvalue weighted by atomic mass is 10.1. The predicted octanol–water partition coefficient (Wildman–Crippen LogP) is 4.01. The van der Waals surface area contributed by atoms with Gasteiger partial charge in [0.05, 0.1) is 5.52 Å². The number of benzene rings is 2. The van der Waals surface area contributed by atoms with Crippen molar-refractivity contribution >= 4 is 16.8 Å². The molecule has 2 aromatic carbocycles. The topological polar surface area (TPSA) is 45.2 Å². The van der Waals surface area contributed by atoms with Gasteiger partial charge in [0.1, 0.15) is 5.69 Å². The Kier molecular flexibility index (Phi) is 5.97. The number of pyridine rings is 1. The van der Waals surface area contributed by atoms with Crippen molar-refractivity contribution in [1.82, 2.24) is 15.2 Å². The van der Waals surface area contributed by atoms with Crippen LogP contribution in [0, 0.1) is 0 Å². The summed E-state index contributed by atoms with van der Waals surface area (Å²) in [5.41, 5.74) is 3.68. The lowest BCUT2D eigenvalue weighted by Gasteiger charge is -2.20. The van der Waals surface area contributed by atoms with Crippen molar-refractivity contribution in [1.29, 1.82) is 0 Å². The van der Waals surface area contributed by atoms with Crippen LogP contribution >= 0.6 is 0 Å². The SMILES string of the molecule is CCN(CC)Cc1ccccc1CNC(=O)c1ccc2ccccc2n1. The van der Waals surface area contributed by atoms with Crippen LogP contribution in [0.4, 0.5) is 0 Å². The van der Waals surface area contributed by atoms with Gasteiger partial charge in [-0.15, -0.1) is 0 Å². The van der Waals surface area contributed by atoms with E-state index in [9.17, 15) is 4.79 Å². The average Bonchev–Trinajstić information content (AvgIpc) is 2.70. The molecule has 0 radical (unpaired) electrons. The van der Waals surface area contributed by atoms with E-state index in [0.717, 1.165) is 36.1 Å². The number of nitrogens with one attached hydrogen (secondary N) is 1. The molecule has 0 aliphatic rings. The number of fused-ring (bicyclic) bond motifs is 1. The lowest BCUT2D eigenvalue weighted by molar-refractivity contribution is 0.0946. The van der Waals surface area contributed by atoms with Gasteiger partial charge in [-0.25, -0.2) is 4.98 Å². The first-order valence-corrected chi connectivity index (χ1v) is 9.14. The van der Waals surface area contributed by atoms with Crippen molar-refractivity contribution in [3.8, 4) is 0 Å². The van der Waals surface area contributed by atoms with Gasteiger partial charge < -0.3 is 5.32 Å². The Morgan fingerprint density at radius 1 is 0.923 bits per heavy atom. The fourth-order valence-corrected chi connectivity index (χ4v) is 3.03. The van der Waals surface area contributed by atoms with Gasteiger partial charge in [-0.1, -0.05) is 62.4 Å². The van der Waals surface area contributed by atoms with Gasteiger partial charge in [0.15, 0.2) is 0 Å². The first kappa shape index (κ1) is 18.1. The summed E-state index contributed by atoms with van der Waals surface area (Å²) in [6.07, 6.45) is 0. The van der Waals surface area contributed by atoms with Gasteiger partial charge in [-0.3, -0.25) is 9.69 Å². The molecule has 4 nitrogen and oxygen atoms in total. The van der Waals surface area contributed by atoms with E-state index in [1.165, 1.54) is 5.56 Å². The molecule has 0 spiro atoms. The molecule has 3 rings (SSSR count). The van der Waals surface area contributed by atoms with Crippen LogP contribution in [0.25, 0.3) is 10.9 Å². The molecular weight excluding hydrogens is 322 g/mol. The molecule has 4 heteroatoms. The zero-order chi connectivity index (χ0) is 18.4. The standard InChI is InChI=1S/C22H25N3O/c1-3-25(4-2)16-19-11-6-5-10-18(19)15-23-22(26)21-14-13-17-9-7-8-12-20(17)24-21/h5-14H,3-4,15-16H2,1-2H3,(H,23,26). The molecule has 0 atom stereocenters. The molecule has 0 aliphatic carbocycles. The Morgan fingerprint density at radius 3 is 2.38 bits per heavy atom. The van der Waals surface area contributed by atoms with Crippen molar-refractivity contribution in [2.24, 2.45) is 0 Å². The Morgan fingerprint density at radius 2 is 1.62 bits per heavy atom. The molecule has 0 aliphatic heterocycles. The number of aromatic nitrogens is 1. The quantitative estimate of drug-likeness (QED) is 0.702. The van der Waals surface area contributed by atoms with Gasteiger partial charge in [-0.05, 0) is 36.3 Å². The average molecular weight is 347 g/mol. The van der Waals surface area contributed by atoms with E-state index in [0.29, 0.717) is 12.2 Å². The highest BCUT2D eigenvalue weighted by molar-refractivity contribution is 5.94. The van der Waals surface area contributed by atoms with E-state index in [-0.39, 0.29) is 5.91 Å². The highest BCUT2D eigenvalue weighted by Crippen LogP contribution is 2.14. The van der Waals surface area contributed by atoms with E-state index in [1.807, 2.05) is 36.4 Å². The van der Waals surface area contributed by atoms with Crippen LogP contribution < -0.4 is 5.32 Å². The molecule has 0 saturated carbocycles. The van der Waals surface area contributed by atoms with E-state index in [1.54, 1.807) is 6.07 Å². The molecule has 1 aromatic heterocycles. The summed E-state index contributed by atoms with van der Waals surface area (Å²) in [4.78, 5) is 19.4. The maximum Gasteiger partial charge on any atom is 0.270 e. The van der Waals surface area contributed by atoms with Crippen molar-refractivity contribution in [3.05, 3.63) is 77.5 Å². The summed E-state index contributed by atoms with van der Waals surface area (Å²) < 4.78 is 0. The van der Waals surface area contributed by atoms with Gasteiger partial charge in [0.2, 0.25) is 0 Å². The fraction of sp³-hybridized carbons (Fsp3) is 0.273. The van der Waals surface area contributed by atoms with Crippen molar-refractivity contribution in [2.45, 2.75) is 26.9 Å². The molecular formula is C22H25N3O. The van der Waals surface area contributed by atoms with Crippen LogP contribution in [0.15, 0.2) is 60.7 Å². The summed E-state index contributed by atoms with van der Waals surface area (Å²) >= 11 is 0. The Balaban J connectivity index is 1.71. The molecule has 1 N–H and O–H groups in total. The third kappa shape index (κ3) is 4.27. The molecule has 3 aromatic rings. The van der Waals surface area contributed by atoms with Gasteiger partial charge >= 0.3 is 0 Å². The van der Waals surface area contributed by atoms with Crippen LogP contribution in [-0.2, 0) is 13.1 Å². The van der Waals surface area contributed by atoms with Crippen molar-refractivity contribution < 1.29 is 4.79 Å².